The van der Waals surface area contributed by atoms with Crippen LogP contribution in [0.4, 0.5) is 5.82 Å². The Kier molecular flexibility index (Phi) is 3.72. The fraction of sp³-hybridized carbons (Fsp3) is 0.0769. The van der Waals surface area contributed by atoms with Gasteiger partial charge in [0.1, 0.15) is 16.5 Å². The molecule has 0 spiro atoms. The zero-order valence-electron chi connectivity index (χ0n) is 9.84. The molecule has 6 heteroatoms. The van der Waals surface area contributed by atoms with Crippen LogP contribution in [-0.4, -0.2) is 9.97 Å². The molecular weight excluding hydrogens is 342 g/mol. The molecule has 0 unspecified atom stereocenters. The Bertz CT molecular complexity index is 709. The maximum absolute atomic E-state index is 5.93. The first-order valence-corrected chi connectivity index (χ1v) is 8.26. The van der Waals surface area contributed by atoms with Gasteiger partial charge in [-0.2, -0.15) is 0 Å². The molecular formula is C13H10BrN3S2. The van der Waals surface area contributed by atoms with Crippen LogP contribution < -0.4 is 5.73 Å². The highest BCUT2D eigenvalue weighted by Crippen LogP contribution is 2.27. The van der Waals surface area contributed by atoms with Crippen molar-refractivity contribution < 1.29 is 0 Å². The predicted octanol–water partition coefficient (Wildman–Crippen LogP) is 4.33. The van der Waals surface area contributed by atoms with E-state index in [1.165, 1.54) is 4.90 Å². The second-order valence-corrected chi connectivity index (χ2v) is 6.77. The standard InChI is InChI=1S/C13H10BrN3S2/c14-8-1-3-9(4-2-8)19-7-11-16-12(15)10-5-6-18-13(10)17-11/h1-6H,7H2,(H2,15,16,17). The third-order valence-electron chi connectivity index (χ3n) is 2.58. The summed E-state index contributed by atoms with van der Waals surface area (Å²) in [5, 5.41) is 2.93. The topological polar surface area (TPSA) is 51.8 Å². The van der Waals surface area contributed by atoms with Crippen LogP contribution in [0.1, 0.15) is 5.82 Å². The van der Waals surface area contributed by atoms with E-state index in [4.69, 9.17) is 5.73 Å². The summed E-state index contributed by atoms with van der Waals surface area (Å²) >= 11 is 6.72. The highest BCUT2D eigenvalue weighted by Gasteiger charge is 2.06. The van der Waals surface area contributed by atoms with Crippen molar-refractivity contribution in [2.75, 3.05) is 5.73 Å². The molecule has 3 nitrogen and oxygen atoms in total. The minimum atomic E-state index is 0.567. The summed E-state index contributed by atoms with van der Waals surface area (Å²) < 4.78 is 1.08. The van der Waals surface area contributed by atoms with Gasteiger partial charge in [0.15, 0.2) is 0 Å². The molecule has 2 aromatic heterocycles. The molecule has 0 radical (unpaired) electrons. The van der Waals surface area contributed by atoms with Gasteiger partial charge in [-0.25, -0.2) is 9.97 Å². The van der Waals surface area contributed by atoms with Crippen molar-refractivity contribution in [1.82, 2.24) is 9.97 Å². The van der Waals surface area contributed by atoms with Crippen molar-refractivity contribution in [2.24, 2.45) is 0 Å². The summed E-state index contributed by atoms with van der Waals surface area (Å²) in [6.07, 6.45) is 0. The Morgan fingerprint density at radius 3 is 2.74 bits per heavy atom. The van der Waals surface area contributed by atoms with Crippen molar-refractivity contribution in [2.45, 2.75) is 10.6 Å². The number of aromatic nitrogens is 2. The van der Waals surface area contributed by atoms with E-state index in [9.17, 15) is 0 Å². The van der Waals surface area contributed by atoms with Gasteiger partial charge in [0.05, 0.1) is 11.1 Å². The van der Waals surface area contributed by atoms with Crippen molar-refractivity contribution in [1.29, 1.82) is 0 Å². The molecule has 1 aromatic carbocycles. The molecule has 3 aromatic rings. The van der Waals surface area contributed by atoms with Gasteiger partial charge in [-0.05, 0) is 35.7 Å². The number of nitrogen functional groups attached to an aromatic ring is 1. The largest absolute Gasteiger partial charge is 0.383 e. The third kappa shape index (κ3) is 2.91. The number of hydrogen-bond donors (Lipinski definition) is 1. The van der Waals surface area contributed by atoms with Gasteiger partial charge in [-0.1, -0.05) is 15.9 Å². The Morgan fingerprint density at radius 1 is 1.16 bits per heavy atom. The van der Waals surface area contributed by atoms with E-state index in [0.717, 1.165) is 26.3 Å². The number of nitrogens with zero attached hydrogens (tertiary/aromatic N) is 2. The molecule has 0 aliphatic heterocycles. The lowest BCUT2D eigenvalue weighted by Crippen LogP contribution is -1.98. The lowest BCUT2D eigenvalue weighted by molar-refractivity contribution is 1.08. The van der Waals surface area contributed by atoms with E-state index in [2.05, 4.69) is 38.0 Å². The van der Waals surface area contributed by atoms with Gasteiger partial charge in [0.2, 0.25) is 0 Å². The highest BCUT2D eigenvalue weighted by atomic mass is 79.9. The van der Waals surface area contributed by atoms with Crippen molar-refractivity contribution >= 4 is 55.1 Å². The number of hydrogen-bond acceptors (Lipinski definition) is 5. The first-order chi connectivity index (χ1) is 9.22. The zero-order valence-corrected chi connectivity index (χ0v) is 13.1. The molecule has 0 bridgehead atoms. The van der Waals surface area contributed by atoms with E-state index >= 15 is 0 Å². The van der Waals surface area contributed by atoms with Crippen LogP contribution in [0.2, 0.25) is 0 Å². The molecule has 0 fully saturated rings. The zero-order chi connectivity index (χ0) is 13.2. The van der Waals surface area contributed by atoms with Crippen LogP contribution in [0.15, 0.2) is 45.1 Å². The number of thiophene rings is 1. The van der Waals surface area contributed by atoms with Gasteiger partial charge in [-0.3, -0.25) is 0 Å². The summed E-state index contributed by atoms with van der Waals surface area (Å²) in [4.78, 5) is 11.0. The Hall–Kier alpha value is -1.11. The molecule has 0 atom stereocenters. The van der Waals surface area contributed by atoms with E-state index < -0.39 is 0 Å². The molecule has 0 saturated carbocycles. The first-order valence-electron chi connectivity index (χ1n) is 5.60. The molecule has 0 aliphatic rings. The van der Waals surface area contributed by atoms with E-state index in [-0.39, 0.29) is 0 Å². The lowest BCUT2D eigenvalue weighted by atomic mass is 10.4. The summed E-state index contributed by atoms with van der Waals surface area (Å²) in [7, 11) is 0. The number of fused-ring (bicyclic) bond motifs is 1. The highest BCUT2D eigenvalue weighted by molar-refractivity contribution is 9.10. The second-order valence-electron chi connectivity index (χ2n) is 3.91. The molecule has 0 aliphatic carbocycles. The quantitative estimate of drug-likeness (QED) is 0.713. The number of benzene rings is 1. The average molecular weight is 352 g/mol. The van der Waals surface area contributed by atoms with Crippen LogP contribution in [-0.2, 0) is 5.75 Å². The van der Waals surface area contributed by atoms with Gasteiger partial charge in [0, 0.05) is 9.37 Å². The summed E-state index contributed by atoms with van der Waals surface area (Å²) in [5.74, 6) is 2.07. The third-order valence-corrected chi connectivity index (χ3v) is 4.93. The smallest absolute Gasteiger partial charge is 0.142 e. The molecule has 3 rings (SSSR count). The molecule has 96 valence electrons. The molecule has 2 heterocycles. The number of rotatable bonds is 3. The van der Waals surface area contributed by atoms with Crippen LogP contribution in [0, 0.1) is 0 Å². The predicted molar refractivity (Wildman–Crippen MR) is 85.5 cm³/mol. The van der Waals surface area contributed by atoms with Gasteiger partial charge in [-0.15, -0.1) is 23.1 Å². The number of anilines is 1. The monoisotopic (exact) mass is 351 g/mol. The van der Waals surface area contributed by atoms with Crippen molar-refractivity contribution in [3.05, 3.63) is 46.0 Å². The van der Waals surface area contributed by atoms with Crippen molar-refractivity contribution in [3.8, 4) is 0 Å². The normalized spacial score (nSPS) is 11.0. The summed E-state index contributed by atoms with van der Waals surface area (Å²) in [5.41, 5.74) is 5.93. The van der Waals surface area contributed by atoms with Crippen LogP contribution in [0.25, 0.3) is 10.2 Å². The fourth-order valence-electron chi connectivity index (χ4n) is 1.67. The van der Waals surface area contributed by atoms with E-state index in [1.807, 2.05) is 23.6 Å². The molecule has 2 N–H and O–H groups in total. The fourth-order valence-corrected chi connectivity index (χ4v) is 3.48. The van der Waals surface area contributed by atoms with Crippen LogP contribution in [0.3, 0.4) is 0 Å². The SMILES string of the molecule is Nc1nc(CSc2ccc(Br)cc2)nc2sccc12. The molecule has 19 heavy (non-hydrogen) atoms. The summed E-state index contributed by atoms with van der Waals surface area (Å²) in [6, 6.07) is 10.2. The Balaban J connectivity index is 1.79. The summed E-state index contributed by atoms with van der Waals surface area (Å²) in [6.45, 7) is 0. The number of nitrogens with two attached hydrogens (primary N) is 1. The van der Waals surface area contributed by atoms with Crippen molar-refractivity contribution in [3.63, 3.8) is 0 Å². The average Bonchev–Trinajstić information content (AvgIpc) is 2.87. The Morgan fingerprint density at radius 2 is 1.95 bits per heavy atom. The minimum Gasteiger partial charge on any atom is -0.383 e. The number of halogens is 1. The van der Waals surface area contributed by atoms with Crippen LogP contribution >= 0.6 is 39.0 Å². The maximum atomic E-state index is 5.93. The molecule has 0 amide bonds. The second kappa shape index (κ2) is 5.48. The molecule has 0 saturated heterocycles. The van der Waals surface area contributed by atoms with E-state index in [0.29, 0.717) is 5.82 Å². The van der Waals surface area contributed by atoms with Gasteiger partial charge in [0.25, 0.3) is 0 Å². The van der Waals surface area contributed by atoms with Gasteiger partial charge >= 0.3 is 0 Å². The van der Waals surface area contributed by atoms with Crippen LogP contribution in [0.5, 0.6) is 0 Å². The minimum absolute atomic E-state index is 0.567. The number of thioether (sulfide) groups is 1. The first kappa shape index (κ1) is 12.9. The maximum Gasteiger partial charge on any atom is 0.142 e. The van der Waals surface area contributed by atoms with E-state index in [1.54, 1.807) is 23.1 Å². The lowest BCUT2D eigenvalue weighted by Gasteiger charge is -2.03. The van der Waals surface area contributed by atoms with Gasteiger partial charge < -0.3 is 5.73 Å². The Labute approximate surface area is 127 Å².